The molecule has 1 heterocycles. The summed E-state index contributed by atoms with van der Waals surface area (Å²) in [4.78, 5) is 15.3. The van der Waals surface area contributed by atoms with Crippen LogP contribution in [0.25, 0.3) is 5.69 Å². The minimum Gasteiger partial charge on any atom is -0.475 e. The summed E-state index contributed by atoms with van der Waals surface area (Å²) < 4.78 is 2.71. The highest BCUT2D eigenvalue weighted by Crippen LogP contribution is 2.40. The zero-order valence-electron chi connectivity index (χ0n) is 11.2. The Morgan fingerprint density at radius 2 is 1.95 bits per heavy atom. The Bertz CT molecular complexity index is 681. The molecular formula is C14H14BrN3O2. The number of carbonyl (C=O) groups is 1. The molecule has 0 unspecified atom stereocenters. The van der Waals surface area contributed by atoms with Gasteiger partial charge in [0.1, 0.15) is 5.82 Å². The fraction of sp³-hybridized carbons (Fsp3) is 0.357. The van der Waals surface area contributed by atoms with E-state index in [2.05, 4.69) is 26.0 Å². The van der Waals surface area contributed by atoms with E-state index in [0.717, 1.165) is 40.0 Å². The third-order valence-electron chi connectivity index (χ3n) is 3.43. The van der Waals surface area contributed by atoms with Crippen LogP contribution < -0.4 is 0 Å². The Balaban J connectivity index is 2.21. The van der Waals surface area contributed by atoms with Crippen LogP contribution in [-0.2, 0) is 0 Å². The van der Waals surface area contributed by atoms with E-state index < -0.39 is 5.97 Å². The summed E-state index contributed by atoms with van der Waals surface area (Å²) in [7, 11) is 0. The van der Waals surface area contributed by atoms with Gasteiger partial charge in [-0.3, -0.25) is 0 Å². The predicted molar refractivity (Wildman–Crippen MR) is 77.5 cm³/mol. The van der Waals surface area contributed by atoms with Gasteiger partial charge in [0, 0.05) is 10.4 Å². The highest BCUT2D eigenvalue weighted by Gasteiger charge is 2.32. The third-order valence-corrected chi connectivity index (χ3v) is 3.89. The van der Waals surface area contributed by atoms with Crippen molar-refractivity contribution in [3.05, 3.63) is 39.4 Å². The molecule has 0 aliphatic heterocycles. The first kappa shape index (κ1) is 13.3. The van der Waals surface area contributed by atoms with Crippen molar-refractivity contribution in [3.63, 3.8) is 0 Å². The fourth-order valence-electron chi connectivity index (χ4n) is 2.42. The summed E-state index contributed by atoms with van der Waals surface area (Å²) >= 11 is 3.47. The second kappa shape index (κ2) is 4.70. The van der Waals surface area contributed by atoms with Crippen molar-refractivity contribution in [1.82, 2.24) is 14.8 Å². The number of carboxylic acid groups (broad SMARTS) is 1. The molecule has 0 saturated heterocycles. The van der Waals surface area contributed by atoms with E-state index in [0.29, 0.717) is 5.92 Å². The summed E-state index contributed by atoms with van der Waals surface area (Å²) in [5.74, 6) is -0.124. The number of hydrogen-bond donors (Lipinski definition) is 1. The topological polar surface area (TPSA) is 68.0 Å². The predicted octanol–water partition coefficient (Wildman–Crippen LogP) is 3.22. The van der Waals surface area contributed by atoms with Crippen LogP contribution in [0.15, 0.2) is 16.6 Å². The van der Waals surface area contributed by atoms with Crippen LogP contribution in [-0.4, -0.2) is 25.8 Å². The number of rotatable bonds is 3. The van der Waals surface area contributed by atoms with E-state index in [9.17, 15) is 4.79 Å². The second-order valence-electron chi connectivity index (χ2n) is 5.17. The van der Waals surface area contributed by atoms with Crippen molar-refractivity contribution in [2.45, 2.75) is 32.6 Å². The van der Waals surface area contributed by atoms with Gasteiger partial charge in [0.2, 0.25) is 0 Å². The van der Waals surface area contributed by atoms with Crippen LogP contribution >= 0.6 is 15.9 Å². The molecule has 1 aromatic carbocycles. The highest BCUT2D eigenvalue weighted by molar-refractivity contribution is 9.10. The van der Waals surface area contributed by atoms with Gasteiger partial charge >= 0.3 is 5.97 Å². The van der Waals surface area contributed by atoms with Gasteiger partial charge in [-0.2, -0.15) is 0 Å². The maximum Gasteiger partial charge on any atom is 0.375 e. The lowest BCUT2D eigenvalue weighted by Gasteiger charge is -2.12. The number of benzene rings is 1. The summed E-state index contributed by atoms with van der Waals surface area (Å²) in [6.45, 7) is 3.98. The molecule has 2 aromatic rings. The number of aryl methyl sites for hydroxylation is 2. The van der Waals surface area contributed by atoms with Crippen LogP contribution in [0.4, 0.5) is 0 Å². The fourth-order valence-corrected chi connectivity index (χ4v) is 3.11. The van der Waals surface area contributed by atoms with Gasteiger partial charge < -0.3 is 5.11 Å². The number of aromatic carboxylic acids is 1. The Kier molecular flexibility index (Phi) is 3.12. The molecule has 1 N–H and O–H groups in total. The molecule has 0 atom stereocenters. The smallest absolute Gasteiger partial charge is 0.375 e. The molecule has 0 bridgehead atoms. The van der Waals surface area contributed by atoms with Gasteiger partial charge in [0.25, 0.3) is 5.82 Å². The lowest BCUT2D eigenvalue weighted by Crippen LogP contribution is -2.07. The van der Waals surface area contributed by atoms with E-state index >= 15 is 0 Å². The summed E-state index contributed by atoms with van der Waals surface area (Å²) in [6.07, 6.45) is 2.10. The van der Waals surface area contributed by atoms with Gasteiger partial charge in [-0.1, -0.05) is 15.9 Å². The Morgan fingerprint density at radius 3 is 2.45 bits per heavy atom. The zero-order chi connectivity index (χ0) is 14.4. The van der Waals surface area contributed by atoms with E-state index in [4.69, 9.17) is 5.11 Å². The van der Waals surface area contributed by atoms with Gasteiger partial charge in [0.05, 0.1) is 5.69 Å². The zero-order valence-corrected chi connectivity index (χ0v) is 12.8. The number of aromatic nitrogens is 3. The Labute approximate surface area is 124 Å². The van der Waals surface area contributed by atoms with E-state index in [1.165, 1.54) is 0 Å². The molecule has 104 valence electrons. The molecule has 3 rings (SSSR count). The third kappa shape index (κ3) is 2.24. The summed E-state index contributed by atoms with van der Waals surface area (Å²) in [5.41, 5.74) is 3.01. The quantitative estimate of drug-likeness (QED) is 0.934. The molecule has 6 heteroatoms. The number of carboxylic acids is 1. The molecule has 20 heavy (non-hydrogen) atoms. The first-order chi connectivity index (χ1) is 9.47. The summed E-state index contributed by atoms with van der Waals surface area (Å²) in [5, 5.41) is 13.3. The van der Waals surface area contributed by atoms with Gasteiger partial charge in [-0.15, -0.1) is 5.10 Å². The first-order valence-electron chi connectivity index (χ1n) is 6.44. The first-order valence-corrected chi connectivity index (χ1v) is 7.24. The minimum absolute atomic E-state index is 0.131. The Morgan fingerprint density at radius 1 is 1.35 bits per heavy atom. The molecule has 1 fully saturated rings. The maximum absolute atomic E-state index is 11.1. The van der Waals surface area contributed by atoms with Crippen molar-refractivity contribution in [3.8, 4) is 5.69 Å². The van der Waals surface area contributed by atoms with E-state index in [1.807, 2.05) is 26.0 Å². The largest absolute Gasteiger partial charge is 0.475 e. The van der Waals surface area contributed by atoms with Gasteiger partial charge in [0.15, 0.2) is 0 Å². The number of nitrogens with zero attached hydrogens (tertiary/aromatic N) is 3. The molecule has 0 spiro atoms. The highest BCUT2D eigenvalue weighted by atomic mass is 79.9. The lowest BCUT2D eigenvalue weighted by molar-refractivity contribution is 0.0683. The standard InChI is InChI=1S/C14H14BrN3O2/c1-7-5-10(15)6-8(2)11(7)18-13(9-3-4-9)16-12(17-18)14(19)20/h5-6,9H,3-4H2,1-2H3,(H,19,20). The SMILES string of the molecule is Cc1cc(Br)cc(C)c1-n1nc(C(=O)O)nc1C1CC1. The van der Waals surface area contributed by atoms with Crippen molar-refractivity contribution in [2.75, 3.05) is 0 Å². The molecule has 5 nitrogen and oxygen atoms in total. The van der Waals surface area contributed by atoms with Crippen molar-refractivity contribution < 1.29 is 9.90 Å². The molecule has 1 aliphatic carbocycles. The van der Waals surface area contributed by atoms with Crippen LogP contribution in [0.5, 0.6) is 0 Å². The molecular weight excluding hydrogens is 322 g/mol. The normalized spacial score (nSPS) is 14.6. The second-order valence-corrected chi connectivity index (χ2v) is 6.09. The van der Waals surface area contributed by atoms with Gasteiger partial charge in [-0.05, 0) is 49.9 Å². The maximum atomic E-state index is 11.1. The van der Waals surface area contributed by atoms with E-state index in [1.54, 1.807) is 4.68 Å². The van der Waals surface area contributed by atoms with Crippen LogP contribution in [0.1, 0.15) is 46.3 Å². The molecule has 0 radical (unpaired) electrons. The van der Waals surface area contributed by atoms with Crippen molar-refractivity contribution in [1.29, 1.82) is 0 Å². The van der Waals surface area contributed by atoms with Crippen LogP contribution in [0.3, 0.4) is 0 Å². The lowest BCUT2D eigenvalue weighted by atomic mass is 10.1. The van der Waals surface area contributed by atoms with Crippen LogP contribution in [0.2, 0.25) is 0 Å². The minimum atomic E-state index is -1.09. The molecule has 0 amide bonds. The van der Waals surface area contributed by atoms with Crippen LogP contribution in [0, 0.1) is 13.8 Å². The monoisotopic (exact) mass is 335 g/mol. The molecule has 1 aliphatic rings. The molecule has 1 saturated carbocycles. The van der Waals surface area contributed by atoms with E-state index in [-0.39, 0.29) is 5.82 Å². The number of hydrogen-bond acceptors (Lipinski definition) is 3. The van der Waals surface area contributed by atoms with Crippen molar-refractivity contribution >= 4 is 21.9 Å². The van der Waals surface area contributed by atoms with Crippen molar-refractivity contribution in [2.24, 2.45) is 0 Å². The number of halogens is 1. The Hall–Kier alpha value is -1.69. The average molecular weight is 336 g/mol. The summed E-state index contributed by atoms with van der Waals surface area (Å²) in [6, 6.07) is 4.00. The average Bonchev–Trinajstić information content (AvgIpc) is 3.09. The van der Waals surface area contributed by atoms with Gasteiger partial charge in [-0.25, -0.2) is 14.5 Å². The molecule has 1 aromatic heterocycles.